The lowest BCUT2D eigenvalue weighted by atomic mass is 10.2. The van der Waals surface area contributed by atoms with Gasteiger partial charge in [-0.25, -0.2) is 4.98 Å². The molecule has 1 amide bonds. The number of amides is 1. The van der Waals surface area contributed by atoms with Gasteiger partial charge in [0.1, 0.15) is 11.6 Å². The zero-order valence-electron chi connectivity index (χ0n) is 11.0. The molecule has 1 saturated heterocycles. The number of morpholine rings is 1. The van der Waals surface area contributed by atoms with Crippen LogP contribution in [-0.4, -0.2) is 58.7 Å². The summed E-state index contributed by atoms with van der Waals surface area (Å²) in [7, 11) is 1.59. The molecule has 2 aromatic heterocycles. The number of carbonyl (C=O) groups excluding carboxylic acids is 1. The molecule has 3 heterocycles. The van der Waals surface area contributed by atoms with Crippen molar-refractivity contribution in [2.75, 3.05) is 37.4 Å². The molecule has 1 atom stereocenters. The summed E-state index contributed by atoms with van der Waals surface area (Å²) < 4.78 is 5.38. The second-order valence-electron chi connectivity index (χ2n) is 4.40. The van der Waals surface area contributed by atoms with Crippen LogP contribution in [0.5, 0.6) is 0 Å². The van der Waals surface area contributed by atoms with Crippen LogP contribution in [0.25, 0.3) is 11.2 Å². The van der Waals surface area contributed by atoms with Gasteiger partial charge in [-0.2, -0.15) is 9.97 Å². The maximum Gasteiger partial charge on any atom is 0.244 e. The lowest BCUT2D eigenvalue weighted by Gasteiger charge is -2.35. The number of rotatable bonds is 2. The van der Waals surface area contributed by atoms with Crippen LogP contribution in [-0.2, 0) is 9.53 Å². The fourth-order valence-electron chi connectivity index (χ4n) is 2.28. The van der Waals surface area contributed by atoms with Crippen molar-refractivity contribution in [3.8, 4) is 0 Å². The highest BCUT2D eigenvalue weighted by molar-refractivity contribution is 5.90. The average molecular weight is 277 g/mol. The van der Waals surface area contributed by atoms with Gasteiger partial charge in [0.15, 0.2) is 11.5 Å². The molecule has 0 aliphatic carbocycles. The number of likely N-dealkylation sites (N-methyl/N-ethyl adjacent to an activating group) is 1. The summed E-state index contributed by atoms with van der Waals surface area (Å²) in [6, 6.07) is -0.449. The predicted octanol–water partition coefficient (Wildman–Crippen LogP) is -1.11. The van der Waals surface area contributed by atoms with Gasteiger partial charge >= 0.3 is 0 Å². The van der Waals surface area contributed by atoms with Gasteiger partial charge < -0.3 is 25.7 Å². The Morgan fingerprint density at radius 3 is 3.25 bits per heavy atom. The van der Waals surface area contributed by atoms with Crippen molar-refractivity contribution >= 4 is 28.8 Å². The van der Waals surface area contributed by atoms with Crippen LogP contribution in [0, 0.1) is 0 Å². The van der Waals surface area contributed by atoms with E-state index in [0.717, 1.165) is 0 Å². The van der Waals surface area contributed by atoms with Crippen molar-refractivity contribution < 1.29 is 9.53 Å². The van der Waals surface area contributed by atoms with E-state index < -0.39 is 6.04 Å². The summed E-state index contributed by atoms with van der Waals surface area (Å²) in [5.74, 6) is 0.568. The number of imidazole rings is 1. The Labute approximate surface area is 114 Å². The van der Waals surface area contributed by atoms with Crippen molar-refractivity contribution in [1.29, 1.82) is 0 Å². The number of fused-ring (bicyclic) bond motifs is 1. The van der Waals surface area contributed by atoms with Gasteiger partial charge in [-0.3, -0.25) is 4.79 Å². The molecule has 4 N–H and O–H groups in total. The largest absolute Gasteiger partial charge is 0.377 e. The first-order valence-electron chi connectivity index (χ1n) is 6.23. The van der Waals surface area contributed by atoms with Crippen molar-refractivity contribution in [3.05, 3.63) is 6.33 Å². The van der Waals surface area contributed by atoms with E-state index in [2.05, 4.69) is 25.3 Å². The van der Waals surface area contributed by atoms with Gasteiger partial charge in [0.05, 0.1) is 19.5 Å². The zero-order valence-corrected chi connectivity index (χ0v) is 11.0. The van der Waals surface area contributed by atoms with Crippen LogP contribution >= 0.6 is 0 Å². The molecule has 9 nitrogen and oxygen atoms in total. The van der Waals surface area contributed by atoms with Crippen LogP contribution in [0.1, 0.15) is 0 Å². The molecule has 9 heteroatoms. The molecule has 0 spiro atoms. The standard InChI is InChI=1S/C11H15N7O2/c1-13-10(19)6-4-20-3-2-18(6)9-7-8(15-5-14-7)16-11(12)17-9/h5-6H,2-4H2,1H3,(H,13,19)(H3,12,14,15,16,17). The van der Waals surface area contributed by atoms with Crippen molar-refractivity contribution in [1.82, 2.24) is 25.3 Å². The third-order valence-corrected chi connectivity index (χ3v) is 3.23. The third-order valence-electron chi connectivity index (χ3n) is 3.23. The topological polar surface area (TPSA) is 122 Å². The minimum Gasteiger partial charge on any atom is -0.377 e. The van der Waals surface area contributed by atoms with E-state index in [1.807, 2.05) is 4.90 Å². The van der Waals surface area contributed by atoms with Crippen LogP contribution < -0.4 is 16.0 Å². The highest BCUT2D eigenvalue weighted by Crippen LogP contribution is 2.25. The van der Waals surface area contributed by atoms with Crippen LogP contribution in [0.15, 0.2) is 6.33 Å². The number of hydrogen-bond donors (Lipinski definition) is 3. The van der Waals surface area contributed by atoms with E-state index in [4.69, 9.17) is 10.5 Å². The van der Waals surface area contributed by atoms with Gasteiger partial charge in [-0.1, -0.05) is 0 Å². The van der Waals surface area contributed by atoms with Crippen molar-refractivity contribution in [2.24, 2.45) is 0 Å². The van der Waals surface area contributed by atoms with E-state index >= 15 is 0 Å². The number of aromatic nitrogens is 4. The Hall–Kier alpha value is -2.42. The van der Waals surface area contributed by atoms with Gasteiger partial charge in [-0.05, 0) is 0 Å². The number of aromatic amines is 1. The Morgan fingerprint density at radius 1 is 1.60 bits per heavy atom. The average Bonchev–Trinajstić information content (AvgIpc) is 2.93. The normalized spacial score (nSPS) is 19.2. The number of nitrogens with one attached hydrogen (secondary N) is 2. The first kappa shape index (κ1) is 12.6. The predicted molar refractivity (Wildman–Crippen MR) is 72.1 cm³/mol. The van der Waals surface area contributed by atoms with Crippen LogP contribution in [0.4, 0.5) is 11.8 Å². The van der Waals surface area contributed by atoms with Gasteiger partial charge in [0, 0.05) is 13.6 Å². The fourth-order valence-corrected chi connectivity index (χ4v) is 2.28. The maximum absolute atomic E-state index is 12.0. The Balaban J connectivity index is 2.07. The number of carbonyl (C=O) groups is 1. The van der Waals surface area contributed by atoms with Gasteiger partial charge in [0.2, 0.25) is 11.9 Å². The molecule has 1 aliphatic rings. The van der Waals surface area contributed by atoms with Gasteiger partial charge in [-0.15, -0.1) is 0 Å². The molecule has 0 aromatic carbocycles. The molecule has 0 radical (unpaired) electrons. The molecule has 106 valence electrons. The smallest absolute Gasteiger partial charge is 0.244 e. The molecule has 1 unspecified atom stereocenters. The number of nitrogen functional groups attached to an aromatic ring is 1. The van der Waals surface area contributed by atoms with Crippen LogP contribution in [0.2, 0.25) is 0 Å². The summed E-state index contributed by atoms with van der Waals surface area (Å²) in [6.07, 6.45) is 1.53. The molecular formula is C11H15N7O2. The summed E-state index contributed by atoms with van der Waals surface area (Å²) in [6.45, 7) is 1.37. The van der Waals surface area contributed by atoms with Crippen molar-refractivity contribution in [3.63, 3.8) is 0 Å². The summed E-state index contributed by atoms with van der Waals surface area (Å²) >= 11 is 0. The Morgan fingerprint density at radius 2 is 2.45 bits per heavy atom. The third kappa shape index (κ3) is 2.01. The lowest BCUT2D eigenvalue weighted by molar-refractivity contribution is -0.124. The SMILES string of the molecule is CNC(=O)C1COCCN1c1nc(N)nc2nc[nH]c12. The van der Waals surface area contributed by atoms with Gasteiger partial charge in [0.25, 0.3) is 0 Å². The summed E-state index contributed by atoms with van der Waals surface area (Å²) in [5.41, 5.74) is 6.85. The number of anilines is 2. The molecule has 20 heavy (non-hydrogen) atoms. The Bertz CT molecular complexity index is 641. The van der Waals surface area contributed by atoms with E-state index in [0.29, 0.717) is 36.7 Å². The molecule has 1 aliphatic heterocycles. The lowest BCUT2D eigenvalue weighted by Crippen LogP contribution is -2.53. The quantitative estimate of drug-likeness (QED) is 0.636. The highest BCUT2D eigenvalue weighted by Gasteiger charge is 2.31. The van der Waals surface area contributed by atoms with E-state index in [-0.39, 0.29) is 11.9 Å². The molecule has 0 bridgehead atoms. The summed E-state index contributed by atoms with van der Waals surface area (Å²) in [5, 5.41) is 2.63. The van der Waals surface area contributed by atoms with E-state index in [1.54, 1.807) is 7.05 Å². The first-order chi connectivity index (χ1) is 9.70. The second-order valence-corrected chi connectivity index (χ2v) is 4.40. The molecule has 2 aromatic rings. The highest BCUT2D eigenvalue weighted by atomic mass is 16.5. The maximum atomic E-state index is 12.0. The van der Waals surface area contributed by atoms with Crippen LogP contribution in [0.3, 0.4) is 0 Å². The molecule has 1 fully saturated rings. The van der Waals surface area contributed by atoms with E-state index in [1.165, 1.54) is 6.33 Å². The molecular weight excluding hydrogens is 262 g/mol. The molecule has 3 rings (SSSR count). The van der Waals surface area contributed by atoms with E-state index in [9.17, 15) is 4.79 Å². The number of nitrogens with two attached hydrogens (primary N) is 1. The number of ether oxygens (including phenoxy) is 1. The number of H-pyrrole nitrogens is 1. The zero-order chi connectivity index (χ0) is 14.1. The molecule has 0 saturated carbocycles. The first-order valence-corrected chi connectivity index (χ1v) is 6.23. The minimum atomic E-state index is -0.449. The number of hydrogen-bond acceptors (Lipinski definition) is 7. The fraction of sp³-hybridized carbons (Fsp3) is 0.455. The summed E-state index contributed by atoms with van der Waals surface area (Å²) in [4.78, 5) is 29.2. The monoisotopic (exact) mass is 277 g/mol. The Kier molecular flexibility index (Phi) is 3.11. The minimum absolute atomic E-state index is 0.127. The van der Waals surface area contributed by atoms with Crippen molar-refractivity contribution in [2.45, 2.75) is 6.04 Å². The second kappa shape index (κ2) is 4.93. The number of nitrogens with zero attached hydrogens (tertiary/aromatic N) is 4.